The maximum Gasteiger partial charge on any atom is 0.242 e. The molecule has 2 aliphatic heterocycles. The van der Waals surface area contributed by atoms with E-state index < -0.39 is 13.5 Å². The molecule has 0 aliphatic carbocycles. The summed E-state index contributed by atoms with van der Waals surface area (Å²) in [4.78, 5) is 28.2. The lowest BCUT2D eigenvalue weighted by molar-refractivity contribution is -0.123. The third kappa shape index (κ3) is 3.60. The molecule has 0 unspecified atom stereocenters. The van der Waals surface area contributed by atoms with E-state index in [0.717, 1.165) is 17.3 Å². The van der Waals surface area contributed by atoms with Crippen molar-refractivity contribution >= 4 is 25.5 Å². The molecule has 4 heterocycles. The van der Waals surface area contributed by atoms with E-state index in [1.54, 1.807) is 11.1 Å². The minimum absolute atomic E-state index is 0.0742. The predicted octanol–water partition coefficient (Wildman–Crippen LogP) is 2.55. The summed E-state index contributed by atoms with van der Waals surface area (Å²) in [5, 5.41) is 8.66. The van der Waals surface area contributed by atoms with Gasteiger partial charge in [0, 0.05) is 26.4 Å². The van der Waals surface area contributed by atoms with Gasteiger partial charge in [-0.2, -0.15) is 0 Å². The quantitative estimate of drug-likeness (QED) is 0.537. The number of anilines is 1. The molecule has 0 radical (unpaired) electrons. The van der Waals surface area contributed by atoms with Crippen molar-refractivity contribution in [3.63, 3.8) is 0 Å². The van der Waals surface area contributed by atoms with Crippen LogP contribution in [0.25, 0.3) is 0 Å². The van der Waals surface area contributed by atoms with E-state index in [1.165, 1.54) is 0 Å². The molecule has 9 heteroatoms. The molecule has 0 spiro atoms. The third-order valence-corrected chi connectivity index (χ3v) is 6.96. The SMILES string of the molecule is CC1(C)C(=O)N(COCC[Si](C)(C)C)c2nc(C3=NCc4ncccc43)nnc21. The fourth-order valence-electron chi connectivity index (χ4n) is 3.41. The molecule has 2 aliphatic rings. The molecule has 0 bridgehead atoms. The Labute approximate surface area is 171 Å². The average molecular weight is 411 g/mol. The van der Waals surface area contributed by atoms with E-state index in [4.69, 9.17) is 9.72 Å². The minimum atomic E-state index is -1.20. The van der Waals surface area contributed by atoms with Gasteiger partial charge in [-0.05, 0) is 32.0 Å². The number of carbonyl (C=O) groups excluding carboxylic acids is 1. The van der Waals surface area contributed by atoms with E-state index >= 15 is 0 Å². The first kappa shape index (κ1) is 19.8. The monoisotopic (exact) mass is 410 g/mol. The number of aliphatic imine (C=N–C) groups is 1. The highest BCUT2D eigenvalue weighted by Crippen LogP contribution is 2.38. The molecule has 152 valence electrons. The summed E-state index contributed by atoms with van der Waals surface area (Å²) in [5.74, 6) is 0.848. The second-order valence-corrected chi connectivity index (χ2v) is 14.8. The topological polar surface area (TPSA) is 93.5 Å². The predicted molar refractivity (Wildman–Crippen MR) is 113 cm³/mol. The molecule has 4 rings (SSSR count). The molecule has 1 amide bonds. The van der Waals surface area contributed by atoms with Gasteiger partial charge in [-0.3, -0.25) is 19.7 Å². The Hall–Kier alpha value is -2.52. The number of aromatic nitrogens is 4. The Morgan fingerprint density at radius 3 is 2.79 bits per heavy atom. The molecule has 29 heavy (non-hydrogen) atoms. The van der Waals surface area contributed by atoms with E-state index in [-0.39, 0.29) is 12.6 Å². The van der Waals surface area contributed by atoms with Crippen LogP contribution in [-0.4, -0.2) is 53.2 Å². The van der Waals surface area contributed by atoms with Crippen LogP contribution >= 0.6 is 0 Å². The van der Waals surface area contributed by atoms with E-state index in [1.807, 2.05) is 26.0 Å². The van der Waals surface area contributed by atoms with Gasteiger partial charge in [0.2, 0.25) is 11.7 Å². The number of ether oxygens (including phenoxy) is 1. The standard InChI is InChI=1S/C20H26N6O2Si/c1-20(2)16-18(26(19(20)27)12-28-9-10-29(3,4)5)23-17(25-24-16)15-13-7-6-8-21-14(13)11-22-15/h6-8H,9-12H2,1-5H3. The van der Waals surface area contributed by atoms with Gasteiger partial charge in [-0.1, -0.05) is 19.6 Å². The van der Waals surface area contributed by atoms with Crippen LogP contribution in [0.1, 0.15) is 36.6 Å². The van der Waals surface area contributed by atoms with Crippen LogP contribution in [0.15, 0.2) is 23.3 Å². The minimum Gasteiger partial charge on any atom is -0.361 e. The summed E-state index contributed by atoms with van der Waals surface area (Å²) in [6.45, 7) is 11.9. The highest BCUT2D eigenvalue weighted by Gasteiger charge is 2.47. The summed E-state index contributed by atoms with van der Waals surface area (Å²) in [6, 6.07) is 4.86. The largest absolute Gasteiger partial charge is 0.361 e. The Balaban J connectivity index is 1.62. The molecular weight excluding hydrogens is 384 g/mol. The molecule has 0 N–H and O–H groups in total. The van der Waals surface area contributed by atoms with Crippen molar-refractivity contribution < 1.29 is 9.53 Å². The average Bonchev–Trinajstić information content (AvgIpc) is 3.17. The second-order valence-electron chi connectivity index (χ2n) is 9.18. The van der Waals surface area contributed by atoms with E-state index in [9.17, 15) is 4.79 Å². The zero-order valence-electron chi connectivity index (χ0n) is 17.6. The Kier molecular flexibility index (Phi) is 4.82. The molecule has 2 aromatic rings. The van der Waals surface area contributed by atoms with Gasteiger partial charge >= 0.3 is 0 Å². The summed E-state index contributed by atoms with van der Waals surface area (Å²) >= 11 is 0. The van der Waals surface area contributed by atoms with Crippen LogP contribution in [0.4, 0.5) is 5.82 Å². The van der Waals surface area contributed by atoms with E-state index in [2.05, 4.69) is 39.8 Å². The molecule has 0 saturated carbocycles. The smallest absolute Gasteiger partial charge is 0.242 e. The number of carbonyl (C=O) groups is 1. The first-order chi connectivity index (χ1) is 13.7. The van der Waals surface area contributed by atoms with Crippen LogP contribution in [0.3, 0.4) is 0 Å². The Morgan fingerprint density at radius 1 is 1.24 bits per heavy atom. The van der Waals surface area contributed by atoms with Crippen molar-refractivity contribution in [3.05, 3.63) is 41.1 Å². The maximum atomic E-state index is 13.0. The third-order valence-electron chi connectivity index (χ3n) is 5.26. The molecule has 0 saturated heterocycles. The number of amides is 1. The van der Waals surface area contributed by atoms with Crippen molar-refractivity contribution in [2.24, 2.45) is 4.99 Å². The highest BCUT2D eigenvalue weighted by molar-refractivity contribution is 6.76. The fourth-order valence-corrected chi connectivity index (χ4v) is 4.17. The van der Waals surface area contributed by atoms with Crippen LogP contribution in [-0.2, 0) is 21.5 Å². The highest BCUT2D eigenvalue weighted by atomic mass is 28.3. The zero-order valence-corrected chi connectivity index (χ0v) is 18.6. The second kappa shape index (κ2) is 7.07. The van der Waals surface area contributed by atoms with Gasteiger partial charge in [-0.25, -0.2) is 4.98 Å². The summed E-state index contributed by atoms with van der Waals surface area (Å²) in [5.41, 5.74) is 2.27. The Bertz CT molecular complexity index is 999. The number of fused-ring (bicyclic) bond motifs is 2. The number of hydrogen-bond donors (Lipinski definition) is 0. The van der Waals surface area contributed by atoms with Gasteiger partial charge < -0.3 is 4.74 Å². The first-order valence-electron chi connectivity index (χ1n) is 9.82. The number of nitrogens with zero attached hydrogens (tertiary/aromatic N) is 6. The lowest BCUT2D eigenvalue weighted by Crippen LogP contribution is -2.38. The van der Waals surface area contributed by atoms with Crippen LogP contribution in [0, 0.1) is 0 Å². The number of rotatable bonds is 6. The van der Waals surface area contributed by atoms with Crippen LogP contribution < -0.4 is 4.90 Å². The van der Waals surface area contributed by atoms with Gasteiger partial charge in [0.15, 0.2) is 5.82 Å². The maximum absolute atomic E-state index is 13.0. The van der Waals surface area contributed by atoms with Crippen molar-refractivity contribution in [2.45, 2.75) is 51.5 Å². The molecule has 0 atom stereocenters. The molecule has 2 aromatic heterocycles. The van der Waals surface area contributed by atoms with Crippen molar-refractivity contribution in [3.8, 4) is 0 Å². The van der Waals surface area contributed by atoms with Crippen molar-refractivity contribution in [1.82, 2.24) is 20.2 Å². The number of hydrogen-bond acceptors (Lipinski definition) is 7. The summed E-state index contributed by atoms with van der Waals surface area (Å²) in [6.07, 6.45) is 1.75. The summed E-state index contributed by atoms with van der Waals surface area (Å²) < 4.78 is 5.85. The molecule has 0 aromatic carbocycles. The molecule has 0 fully saturated rings. The fraction of sp³-hybridized carbons (Fsp3) is 0.500. The molecule has 8 nitrogen and oxygen atoms in total. The van der Waals surface area contributed by atoms with Gasteiger partial charge in [0.05, 0.1) is 17.7 Å². The van der Waals surface area contributed by atoms with Crippen LogP contribution in [0.2, 0.25) is 25.7 Å². The zero-order chi connectivity index (χ0) is 20.8. The first-order valence-corrected chi connectivity index (χ1v) is 13.5. The normalized spacial score (nSPS) is 17.3. The van der Waals surface area contributed by atoms with Crippen LogP contribution in [0.5, 0.6) is 0 Å². The lowest BCUT2D eigenvalue weighted by atomic mass is 9.91. The van der Waals surface area contributed by atoms with Gasteiger partial charge in [0.1, 0.15) is 18.1 Å². The number of pyridine rings is 1. The molecular formula is C20H26N6O2Si. The summed E-state index contributed by atoms with van der Waals surface area (Å²) in [7, 11) is -1.20. The van der Waals surface area contributed by atoms with Crippen molar-refractivity contribution in [2.75, 3.05) is 18.2 Å². The van der Waals surface area contributed by atoms with E-state index in [0.29, 0.717) is 36.2 Å². The Morgan fingerprint density at radius 2 is 2.03 bits per heavy atom. The van der Waals surface area contributed by atoms with Crippen molar-refractivity contribution in [1.29, 1.82) is 0 Å². The van der Waals surface area contributed by atoms with Gasteiger partial charge in [0.25, 0.3) is 0 Å². The van der Waals surface area contributed by atoms with Gasteiger partial charge in [-0.15, -0.1) is 10.2 Å². The lowest BCUT2D eigenvalue weighted by Gasteiger charge is -2.21.